The fraction of sp³-hybridized carbons (Fsp3) is 0.286. The molecule has 0 saturated heterocycles. The van der Waals surface area contributed by atoms with Crippen molar-refractivity contribution in [1.29, 1.82) is 0 Å². The highest BCUT2D eigenvalue weighted by Crippen LogP contribution is 2.31. The molecule has 96 valence electrons. The molecule has 1 heterocycles. The Hall–Kier alpha value is -0.960. The summed E-state index contributed by atoms with van der Waals surface area (Å²) in [5.74, 6) is 1.68. The van der Waals surface area contributed by atoms with Crippen LogP contribution in [0.4, 0.5) is 0 Å². The van der Waals surface area contributed by atoms with Crippen LogP contribution in [0.3, 0.4) is 0 Å². The molecular weight excluding hydrogens is 269 g/mol. The van der Waals surface area contributed by atoms with Gasteiger partial charge < -0.3 is 9.73 Å². The van der Waals surface area contributed by atoms with Crippen molar-refractivity contribution in [2.24, 2.45) is 0 Å². The molecule has 0 fully saturated rings. The lowest BCUT2D eigenvalue weighted by Crippen LogP contribution is -2.12. The summed E-state index contributed by atoms with van der Waals surface area (Å²) in [5.41, 5.74) is 0.864. The van der Waals surface area contributed by atoms with Crippen molar-refractivity contribution in [2.75, 3.05) is 6.54 Å². The van der Waals surface area contributed by atoms with E-state index in [1.807, 2.05) is 18.2 Å². The van der Waals surface area contributed by atoms with Gasteiger partial charge >= 0.3 is 0 Å². The maximum absolute atomic E-state index is 6.14. The van der Waals surface area contributed by atoms with Gasteiger partial charge in [0.2, 0.25) is 0 Å². The molecule has 18 heavy (non-hydrogen) atoms. The van der Waals surface area contributed by atoms with Gasteiger partial charge in [-0.3, -0.25) is 0 Å². The van der Waals surface area contributed by atoms with Gasteiger partial charge in [0.1, 0.15) is 11.5 Å². The lowest BCUT2D eigenvalue weighted by atomic mass is 10.2. The van der Waals surface area contributed by atoms with Crippen LogP contribution in [0, 0.1) is 0 Å². The number of halogens is 2. The van der Waals surface area contributed by atoms with Crippen molar-refractivity contribution in [1.82, 2.24) is 5.32 Å². The number of benzene rings is 1. The highest BCUT2D eigenvalue weighted by Gasteiger charge is 2.08. The van der Waals surface area contributed by atoms with Crippen molar-refractivity contribution in [3.8, 4) is 11.3 Å². The topological polar surface area (TPSA) is 25.2 Å². The SMILES string of the molecule is CCCNCc1ccc(-c2ccc(Cl)cc2Cl)o1. The van der Waals surface area contributed by atoms with E-state index in [2.05, 4.69) is 12.2 Å². The summed E-state index contributed by atoms with van der Waals surface area (Å²) in [6.45, 7) is 3.85. The zero-order valence-electron chi connectivity index (χ0n) is 10.2. The first-order valence-electron chi connectivity index (χ1n) is 5.95. The van der Waals surface area contributed by atoms with Gasteiger partial charge in [-0.15, -0.1) is 0 Å². The largest absolute Gasteiger partial charge is 0.460 e. The molecular formula is C14H15Cl2NO. The zero-order valence-corrected chi connectivity index (χ0v) is 11.7. The van der Waals surface area contributed by atoms with Crippen LogP contribution >= 0.6 is 23.2 Å². The van der Waals surface area contributed by atoms with Crippen molar-refractivity contribution in [3.05, 3.63) is 46.1 Å². The van der Waals surface area contributed by atoms with Crippen LogP contribution in [-0.2, 0) is 6.54 Å². The Morgan fingerprint density at radius 2 is 2.00 bits per heavy atom. The maximum atomic E-state index is 6.14. The van der Waals surface area contributed by atoms with Gasteiger partial charge in [0.05, 0.1) is 11.6 Å². The zero-order chi connectivity index (χ0) is 13.0. The first-order valence-corrected chi connectivity index (χ1v) is 6.71. The van der Waals surface area contributed by atoms with Gasteiger partial charge in [-0.25, -0.2) is 0 Å². The van der Waals surface area contributed by atoms with Gasteiger partial charge in [-0.1, -0.05) is 30.1 Å². The molecule has 0 atom stereocenters. The van der Waals surface area contributed by atoms with Gasteiger partial charge in [-0.05, 0) is 43.3 Å². The Kier molecular flexibility index (Phi) is 4.70. The fourth-order valence-electron chi connectivity index (χ4n) is 1.70. The van der Waals surface area contributed by atoms with Crippen molar-refractivity contribution in [2.45, 2.75) is 19.9 Å². The lowest BCUT2D eigenvalue weighted by Gasteiger charge is -2.02. The van der Waals surface area contributed by atoms with Crippen molar-refractivity contribution >= 4 is 23.2 Å². The van der Waals surface area contributed by atoms with Gasteiger partial charge in [0.25, 0.3) is 0 Å². The molecule has 1 N–H and O–H groups in total. The molecule has 0 saturated carbocycles. The van der Waals surface area contributed by atoms with E-state index in [9.17, 15) is 0 Å². The van der Waals surface area contributed by atoms with E-state index in [4.69, 9.17) is 27.6 Å². The molecule has 0 spiro atoms. The second-order valence-electron chi connectivity index (χ2n) is 4.07. The third-order valence-corrected chi connectivity index (χ3v) is 3.13. The average Bonchev–Trinajstić information content (AvgIpc) is 2.78. The smallest absolute Gasteiger partial charge is 0.135 e. The summed E-state index contributed by atoms with van der Waals surface area (Å²) in [4.78, 5) is 0. The number of hydrogen-bond acceptors (Lipinski definition) is 2. The molecule has 0 aliphatic rings. The molecule has 0 amide bonds. The van der Waals surface area contributed by atoms with E-state index in [1.165, 1.54) is 0 Å². The molecule has 2 rings (SSSR count). The monoisotopic (exact) mass is 283 g/mol. The summed E-state index contributed by atoms with van der Waals surface area (Å²) in [5, 5.41) is 4.52. The average molecular weight is 284 g/mol. The van der Waals surface area contributed by atoms with E-state index >= 15 is 0 Å². The summed E-state index contributed by atoms with van der Waals surface area (Å²) < 4.78 is 5.75. The van der Waals surface area contributed by atoms with Crippen molar-refractivity contribution < 1.29 is 4.42 Å². The number of hydrogen-bond donors (Lipinski definition) is 1. The Balaban J connectivity index is 2.13. The summed E-state index contributed by atoms with van der Waals surface area (Å²) in [6.07, 6.45) is 1.11. The molecule has 2 aromatic rings. The fourth-order valence-corrected chi connectivity index (χ4v) is 2.20. The van der Waals surface area contributed by atoms with Gasteiger partial charge in [0.15, 0.2) is 0 Å². The Bertz CT molecular complexity index is 522. The maximum Gasteiger partial charge on any atom is 0.135 e. The first-order chi connectivity index (χ1) is 8.70. The van der Waals surface area contributed by atoms with Gasteiger partial charge in [-0.2, -0.15) is 0 Å². The minimum absolute atomic E-state index is 0.602. The number of nitrogens with one attached hydrogen (secondary N) is 1. The molecule has 1 aromatic carbocycles. The second kappa shape index (κ2) is 6.28. The molecule has 0 bridgehead atoms. The minimum atomic E-state index is 0.602. The van der Waals surface area contributed by atoms with E-state index in [0.29, 0.717) is 10.0 Å². The number of rotatable bonds is 5. The van der Waals surface area contributed by atoms with Crippen LogP contribution in [0.1, 0.15) is 19.1 Å². The van der Waals surface area contributed by atoms with Gasteiger partial charge in [0, 0.05) is 10.6 Å². The Labute approximate surface area is 117 Å². The van der Waals surface area contributed by atoms with Crippen molar-refractivity contribution in [3.63, 3.8) is 0 Å². The molecule has 4 heteroatoms. The van der Waals surface area contributed by atoms with Crippen LogP contribution in [0.5, 0.6) is 0 Å². The van der Waals surface area contributed by atoms with E-state index in [-0.39, 0.29) is 0 Å². The normalized spacial score (nSPS) is 10.8. The molecule has 0 unspecified atom stereocenters. The summed E-state index contributed by atoms with van der Waals surface area (Å²) in [7, 11) is 0. The standard InChI is InChI=1S/C14H15Cl2NO/c1-2-7-17-9-11-4-6-14(18-11)12-5-3-10(15)8-13(12)16/h3-6,8,17H,2,7,9H2,1H3. The number of furan rings is 1. The van der Waals surface area contributed by atoms with E-state index < -0.39 is 0 Å². The minimum Gasteiger partial charge on any atom is -0.460 e. The molecule has 0 aliphatic carbocycles. The van der Waals surface area contributed by atoms with Crippen LogP contribution in [-0.4, -0.2) is 6.54 Å². The molecule has 2 nitrogen and oxygen atoms in total. The lowest BCUT2D eigenvalue weighted by molar-refractivity contribution is 0.493. The first kappa shape index (κ1) is 13.5. The predicted molar refractivity (Wildman–Crippen MR) is 76.2 cm³/mol. The Morgan fingerprint density at radius 1 is 1.17 bits per heavy atom. The second-order valence-corrected chi connectivity index (χ2v) is 4.91. The molecule has 0 radical (unpaired) electrons. The third-order valence-electron chi connectivity index (χ3n) is 2.58. The van der Waals surface area contributed by atoms with Crippen LogP contribution in [0.25, 0.3) is 11.3 Å². The highest BCUT2D eigenvalue weighted by molar-refractivity contribution is 6.36. The third kappa shape index (κ3) is 3.29. The summed E-state index contributed by atoms with van der Waals surface area (Å²) in [6, 6.07) is 9.28. The quantitative estimate of drug-likeness (QED) is 0.801. The van der Waals surface area contributed by atoms with E-state index in [0.717, 1.165) is 36.6 Å². The Morgan fingerprint density at radius 3 is 2.72 bits per heavy atom. The predicted octanol–water partition coefficient (Wildman–Crippen LogP) is 4.75. The van der Waals surface area contributed by atoms with Crippen LogP contribution in [0.2, 0.25) is 10.0 Å². The molecule has 0 aliphatic heterocycles. The summed E-state index contributed by atoms with van der Waals surface area (Å²) >= 11 is 12.0. The van der Waals surface area contributed by atoms with E-state index in [1.54, 1.807) is 12.1 Å². The highest BCUT2D eigenvalue weighted by atomic mass is 35.5. The molecule has 1 aromatic heterocycles. The van der Waals surface area contributed by atoms with Crippen LogP contribution < -0.4 is 5.32 Å². The van der Waals surface area contributed by atoms with Crippen LogP contribution in [0.15, 0.2) is 34.7 Å².